The second-order valence-electron chi connectivity index (χ2n) is 2.28. The second-order valence-corrected chi connectivity index (χ2v) is 3.49. The van der Waals surface area contributed by atoms with E-state index in [2.05, 4.69) is 16.8 Å². The molecule has 0 bridgehead atoms. The Balaban J connectivity index is 2.85. The van der Waals surface area contributed by atoms with Gasteiger partial charge in [-0.1, -0.05) is 11.8 Å². The molecule has 0 aliphatic rings. The molecule has 0 saturated heterocycles. The highest BCUT2D eigenvalue weighted by molar-refractivity contribution is 7.12. The van der Waals surface area contributed by atoms with Crippen LogP contribution in [0.3, 0.4) is 0 Å². The van der Waals surface area contributed by atoms with E-state index in [0.717, 1.165) is 15.6 Å². The molecule has 0 aliphatic heterocycles. The summed E-state index contributed by atoms with van der Waals surface area (Å²) in [5.74, 6) is 5.68. The standard InChI is InChI=1S/C9H8N2S/c1-7-9(5-3-4-6-10)12-8(2)11-7/h4H2,1-2H3. The predicted octanol–water partition coefficient (Wildman–Crippen LogP) is 2.03. The SMILES string of the molecule is Cc1nc(C)c(C#CCC#N)s1. The average molecular weight is 176 g/mol. The lowest BCUT2D eigenvalue weighted by molar-refractivity contribution is 1.19. The molecular formula is C9H8N2S. The molecule has 1 rings (SSSR count). The van der Waals surface area contributed by atoms with Crippen LogP contribution in [0.4, 0.5) is 0 Å². The van der Waals surface area contributed by atoms with Crippen molar-refractivity contribution in [3.05, 3.63) is 15.6 Å². The van der Waals surface area contributed by atoms with Gasteiger partial charge in [-0.25, -0.2) is 4.98 Å². The minimum Gasteiger partial charge on any atom is -0.246 e. The van der Waals surface area contributed by atoms with E-state index < -0.39 is 0 Å². The lowest BCUT2D eigenvalue weighted by Crippen LogP contribution is -1.74. The van der Waals surface area contributed by atoms with Crippen molar-refractivity contribution < 1.29 is 0 Å². The maximum atomic E-state index is 8.25. The summed E-state index contributed by atoms with van der Waals surface area (Å²) in [6.45, 7) is 3.88. The van der Waals surface area contributed by atoms with Gasteiger partial charge in [0, 0.05) is 0 Å². The highest BCUT2D eigenvalue weighted by Gasteiger charge is 1.99. The summed E-state index contributed by atoms with van der Waals surface area (Å²) in [5, 5.41) is 9.28. The van der Waals surface area contributed by atoms with E-state index in [-0.39, 0.29) is 6.42 Å². The Morgan fingerprint density at radius 2 is 2.25 bits per heavy atom. The van der Waals surface area contributed by atoms with E-state index >= 15 is 0 Å². The Morgan fingerprint density at radius 3 is 2.75 bits per heavy atom. The van der Waals surface area contributed by atoms with Gasteiger partial charge in [0.05, 0.1) is 28.1 Å². The Labute approximate surface area is 75.9 Å². The van der Waals surface area contributed by atoms with Crippen LogP contribution in [0.15, 0.2) is 0 Å². The minimum absolute atomic E-state index is 0.288. The number of nitrogens with zero attached hydrogens (tertiary/aromatic N) is 2. The third-order valence-electron chi connectivity index (χ3n) is 1.27. The van der Waals surface area contributed by atoms with Crippen LogP contribution >= 0.6 is 11.3 Å². The van der Waals surface area contributed by atoms with Crippen LogP contribution in [0.1, 0.15) is 22.0 Å². The van der Waals surface area contributed by atoms with E-state index in [0.29, 0.717) is 0 Å². The molecule has 0 fully saturated rings. The molecule has 1 aromatic rings. The molecule has 3 heteroatoms. The maximum absolute atomic E-state index is 8.25. The molecule has 2 nitrogen and oxygen atoms in total. The molecule has 0 N–H and O–H groups in total. The molecule has 0 saturated carbocycles. The van der Waals surface area contributed by atoms with Gasteiger partial charge in [0.2, 0.25) is 0 Å². The third kappa shape index (κ3) is 2.08. The molecule has 0 radical (unpaired) electrons. The summed E-state index contributed by atoms with van der Waals surface area (Å²) >= 11 is 1.57. The summed E-state index contributed by atoms with van der Waals surface area (Å²) in [6.07, 6.45) is 0.288. The highest BCUT2D eigenvalue weighted by atomic mass is 32.1. The zero-order chi connectivity index (χ0) is 8.97. The van der Waals surface area contributed by atoms with Crippen molar-refractivity contribution in [3.8, 4) is 17.9 Å². The Hall–Kier alpha value is -1.32. The van der Waals surface area contributed by atoms with Gasteiger partial charge in [-0.15, -0.1) is 11.3 Å². The smallest absolute Gasteiger partial charge is 0.0999 e. The van der Waals surface area contributed by atoms with Crippen LogP contribution in [0, 0.1) is 37.0 Å². The lowest BCUT2D eigenvalue weighted by Gasteiger charge is -1.79. The number of hydrogen-bond donors (Lipinski definition) is 0. The van der Waals surface area contributed by atoms with Gasteiger partial charge in [0.15, 0.2) is 0 Å². The van der Waals surface area contributed by atoms with Gasteiger partial charge in [-0.05, 0) is 13.8 Å². The molecule has 0 aromatic carbocycles. The third-order valence-corrected chi connectivity index (χ3v) is 2.26. The summed E-state index contributed by atoms with van der Waals surface area (Å²) in [7, 11) is 0. The van der Waals surface area contributed by atoms with Crippen molar-refractivity contribution in [1.82, 2.24) is 4.98 Å². The van der Waals surface area contributed by atoms with Gasteiger partial charge < -0.3 is 0 Å². The molecular weight excluding hydrogens is 168 g/mol. The molecule has 0 aliphatic carbocycles. The summed E-state index contributed by atoms with van der Waals surface area (Å²) in [4.78, 5) is 5.20. The van der Waals surface area contributed by atoms with Gasteiger partial charge in [0.1, 0.15) is 0 Å². The Morgan fingerprint density at radius 1 is 1.50 bits per heavy atom. The van der Waals surface area contributed by atoms with E-state index in [1.54, 1.807) is 11.3 Å². The van der Waals surface area contributed by atoms with Crippen molar-refractivity contribution in [1.29, 1.82) is 5.26 Å². The van der Waals surface area contributed by atoms with Crippen LogP contribution in [0.25, 0.3) is 0 Å². The van der Waals surface area contributed by atoms with Crippen LogP contribution in [-0.4, -0.2) is 4.98 Å². The highest BCUT2D eigenvalue weighted by Crippen LogP contribution is 2.15. The maximum Gasteiger partial charge on any atom is 0.0999 e. The fourth-order valence-corrected chi connectivity index (χ4v) is 1.61. The van der Waals surface area contributed by atoms with Crippen LogP contribution in [0.2, 0.25) is 0 Å². The van der Waals surface area contributed by atoms with Crippen molar-refractivity contribution in [2.24, 2.45) is 0 Å². The van der Waals surface area contributed by atoms with Crippen molar-refractivity contribution in [2.75, 3.05) is 0 Å². The lowest BCUT2D eigenvalue weighted by atomic mass is 10.3. The number of rotatable bonds is 0. The van der Waals surface area contributed by atoms with E-state index in [4.69, 9.17) is 5.26 Å². The quantitative estimate of drug-likeness (QED) is 0.567. The van der Waals surface area contributed by atoms with Crippen LogP contribution < -0.4 is 0 Å². The largest absolute Gasteiger partial charge is 0.246 e. The van der Waals surface area contributed by atoms with Gasteiger partial charge in [0.25, 0.3) is 0 Å². The minimum atomic E-state index is 0.288. The van der Waals surface area contributed by atoms with Crippen molar-refractivity contribution >= 4 is 11.3 Å². The Bertz CT molecular complexity index is 373. The number of thiazole rings is 1. The molecule has 0 spiro atoms. The average Bonchev–Trinajstić information content (AvgIpc) is 2.31. The fourth-order valence-electron chi connectivity index (χ4n) is 0.811. The second kappa shape index (κ2) is 3.90. The molecule has 1 aromatic heterocycles. The van der Waals surface area contributed by atoms with E-state index in [9.17, 15) is 0 Å². The zero-order valence-electron chi connectivity index (χ0n) is 7.01. The number of aryl methyl sites for hydroxylation is 2. The number of aromatic nitrogens is 1. The first kappa shape index (κ1) is 8.77. The molecule has 60 valence electrons. The van der Waals surface area contributed by atoms with Crippen LogP contribution in [-0.2, 0) is 0 Å². The summed E-state index contributed by atoms with van der Waals surface area (Å²) in [6, 6.07) is 1.97. The summed E-state index contributed by atoms with van der Waals surface area (Å²) < 4.78 is 0. The normalized spacial score (nSPS) is 8.42. The van der Waals surface area contributed by atoms with Gasteiger partial charge in [-0.2, -0.15) is 5.26 Å². The van der Waals surface area contributed by atoms with E-state index in [1.807, 2.05) is 19.9 Å². The Kier molecular flexibility index (Phi) is 2.85. The van der Waals surface area contributed by atoms with Crippen molar-refractivity contribution in [3.63, 3.8) is 0 Å². The molecule has 12 heavy (non-hydrogen) atoms. The van der Waals surface area contributed by atoms with Crippen LogP contribution in [0.5, 0.6) is 0 Å². The first-order valence-electron chi connectivity index (χ1n) is 3.54. The van der Waals surface area contributed by atoms with E-state index in [1.165, 1.54) is 0 Å². The number of hydrogen-bond acceptors (Lipinski definition) is 3. The molecule has 0 amide bonds. The first-order valence-corrected chi connectivity index (χ1v) is 4.35. The zero-order valence-corrected chi connectivity index (χ0v) is 7.83. The predicted molar refractivity (Wildman–Crippen MR) is 48.7 cm³/mol. The van der Waals surface area contributed by atoms with Gasteiger partial charge in [-0.3, -0.25) is 0 Å². The fraction of sp³-hybridized carbons (Fsp3) is 0.333. The summed E-state index contributed by atoms with van der Waals surface area (Å²) in [5.41, 5.74) is 0.961. The molecule has 0 atom stereocenters. The van der Waals surface area contributed by atoms with Gasteiger partial charge >= 0.3 is 0 Å². The topological polar surface area (TPSA) is 36.7 Å². The van der Waals surface area contributed by atoms with Crippen molar-refractivity contribution in [2.45, 2.75) is 20.3 Å². The first-order chi connectivity index (χ1) is 5.74. The number of nitriles is 1. The monoisotopic (exact) mass is 176 g/mol. The molecule has 0 unspecified atom stereocenters. The molecule has 1 heterocycles.